The van der Waals surface area contributed by atoms with Crippen molar-refractivity contribution < 1.29 is 23.2 Å². The zero-order valence-corrected chi connectivity index (χ0v) is 14.0. The lowest BCUT2D eigenvalue weighted by Gasteiger charge is -2.30. The van der Waals surface area contributed by atoms with Gasteiger partial charge in [0, 0.05) is 19.7 Å². The minimum absolute atomic E-state index is 0.192. The van der Waals surface area contributed by atoms with Crippen molar-refractivity contribution in [1.82, 2.24) is 9.80 Å². The molecule has 0 radical (unpaired) electrons. The van der Waals surface area contributed by atoms with E-state index in [4.69, 9.17) is 0 Å². The third kappa shape index (κ3) is 2.67. The van der Waals surface area contributed by atoms with E-state index in [9.17, 15) is 23.2 Å². The molecule has 0 aromatic heterocycles. The maximum atomic E-state index is 14.5. The SMILES string of the molecule is CN1C(=O)C(=C(c2ccccc2)c2c(F)cccc2F)C(=O)N(C)C1=O. The van der Waals surface area contributed by atoms with Crippen LogP contribution in [-0.2, 0) is 9.59 Å². The van der Waals surface area contributed by atoms with Gasteiger partial charge in [-0.1, -0.05) is 36.4 Å². The summed E-state index contributed by atoms with van der Waals surface area (Å²) in [4.78, 5) is 38.7. The molecule has 0 N–H and O–H groups in total. The quantitative estimate of drug-likeness (QED) is 0.614. The topological polar surface area (TPSA) is 57.7 Å². The molecule has 0 saturated carbocycles. The zero-order valence-electron chi connectivity index (χ0n) is 14.0. The van der Waals surface area contributed by atoms with Crippen molar-refractivity contribution in [3.8, 4) is 0 Å². The number of benzene rings is 2. The first-order valence-electron chi connectivity index (χ1n) is 7.68. The number of amides is 4. The molecule has 2 aromatic carbocycles. The Balaban J connectivity index is 2.41. The minimum Gasteiger partial charge on any atom is -0.268 e. The summed E-state index contributed by atoms with van der Waals surface area (Å²) in [6.07, 6.45) is 0. The zero-order chi connectivity index (χ0) is 19.0. The number of halogens is 2. The van der Waals surface area contributed by atoms with Gasteiger partial charge < -0.3 is 0 Å². The van der Waals surface area contributed by atoms with Gasteiger partial charge in [-0.3, -0.25) is 19.4 Å². The second-order valence-corrected chi connectivity index (χ2v) is 5.72. The predicted octanol–water partition coefficient (Wildman–Crippen LogP) is 2.82. The van der Waals surface area contributed by atoms with Gasteiger partial charge in [0.1, 0.15) is 17.2 Å². The van der Waals surface area contributed by atoms with Crippen LogP contribution in [-0.4, -0.2) is 41.7 Å². The van der Waals surface area contributed by atoms with Crippen LogP contribution in [0.1, 0.15) is 11.1 Å². The fraction of sp³-hybridized carbons (Fsp3) is 0.105. The smallest absolute Gasteiger partial charge is 0.268 e. The van der Waals surface area contributed by atoms with Crippen molar-refractivity contribution >= 4 is 23.4 Å². The third-order valence-electron chi connectivity index (χ3n) is 4.14. The van der Waals surface area contributed by atoms with Gasteiger partial charge in [0.2, 0.25) is 0 Å². The highest BCUT2D eigenvalue weighted by Crippen LogP contribution is 2.33. The van der Waals surface area contributed by atoms with Crippen molar-refractivity contribution in [2.75, 3.05) is 14.1 Å². The number of nitrogens with zero attached hydrogens (tertiary/aromatic N) is 2. The summed E-state index contributed by atoms with van der Waals surface area (Å²) in [5.74, 6) is -3.67. The molecule has 1 heterocycles. The molecule has 1 fully saturated rings. The van der Waals surface area contributed by atoms with E-state index in [-0.39, 0.29) is 11.1 Å². The Bertz CT molecular complexity index is 908. The van der Waals surface area contributed by atoms with E-state index in [1.807, 2.05) is 0 Å². The molecule has 1 aliphatic rings. The predicted molar refractivity (Wildman–Crippen MR) is 89.8 cm³/mol. The van der Waals surface area contributed by atoms with Crippen LogP contribution in [0, 0.1) is 11.6 Å². The van der Waals surface area contributed by atoms with E-state index in [2.05, 4.69) is 0 Å². The Morgan fingerprint density at radius 3 is 1.77 bits per heavy atom. The number of carbonyl (C=O) groups excluding carboxylic acids is 3. The number of barbiturate groups is 1. The van der Waals surface area contributed by atoms with Gasteiger partial charge in [0.05, 0.1) is 5.56 Å². The van der Waals surface area contributed by atoms with Crippen LogP contribution in [0.4, 0.5) is 13.6 Å². The molecule has 0 spiro atoms. The molecular weight excluding hydrogens is 342 g/mol. The van der Waals surface area contributed by atoms with Gasteiger partial charge in [0.15, 0.2) is 0 Å². The average molecular weight is 356 g/mol. The lowest BCUT2D eigenvalue weighted by molar-refractivity contribution is -0.134. The number of hydrogen-bond donors (Lipinski definition) is 0. The van der Waals surface area contributed by atoms with Crippen molar-refractivity contribution in [1.29, 1.82) is 0 Å². The van der Waals surface area contributed by atoms with Gasteiger partial charge in [0.25, 0.3) is 11.8 Å². The van der Waals surface area contributed by atoms with Gasteiger partial charge in [-0.25, -0.2) is 13.6 Å². The highest BCUT2D eigenvalue weighted by atomic mass is 19.1. The van der Waals surface area contributed by atoms with Gasteiger partial charge >= 0.3 is 6.03 Å². The fourth-order valence-electron chi connectivity index (χ4n) is 2.79. The van der Waals surface area contributed by atoms with E-state index in [0.29, 0.717) is 0 Å². The number of rotatable bonds is 2. The standard InChI is InChI=1S/C19H14F2N2O3/c1-22-17(24)16(18(25)23(2)19(22)26)14(11-7-4-3-5-8-11)15-12(20)9-6-10-13(15)21/h3-10H,1-2H3. The summed E-state index contributed by atoms with van der Waals surface area (Å²) in [6.45, 7) is 0. The first kappa shape index (κ1) is 17.5. The Kier molecular flexibility index (Phi) is 4.38. The molecule has 0 unspecified atom stereocenters. The van der Waals surface area contributed by atoms with Crippen molar-refractivity contribution in [3.63, 3.8) is 0 Å². The van der Waals surface area contributed by atoms with Crippen LogP contribution in [0.5, 0.6) is 0 Å². The summed E-state index contributed by atoms with van der Waals surface area (Å²) in [5, 5.41) is 0. The molecule has 26 heavy (non-hydrogen) atoms. The van der Waals surface area contributed by atoms with E-state index in [0.717, 1.165) is 21.9 Å². The number of carbonyl (C=O) groups is 3. The molecule has 4 amide bonds. The Labute approximate surface area is 148 Å². The number of imide groups is 2. The molecule has 1 saturated heterocycles. The molecule has 0 aliphatic carbocycles. The normalized spacial score (nSPS) is 14.9. The summed E-state index contributed by atoms with van der Waals surface area (Å²) in [6, 6.07) is 10.4. The van der Waals surface area contributed by atoms with E-state index in [1.54, 1.807) is 18.2 Å². The van der Waals surface area contributed by atoms with E-state index in [1.165, 1.54) is 32.3 Å². The van der Waals surface area contributed by atoms with Crippen molar-refractivity contribution in [2.45, 2.75) is 0 Å². The van der Waals surface area contributed by atoms with Gasteiger partial charge in [-0.05, 0) is 17.7 Å². The summed E-state index contributed by atoms with van der Waals surface area (Å²) in [7, 11) is 2.40. The maximum Gasteiger partial charge on any atom is 0.333 e. The molecule has 1 aliphatic heterocycles. The second-order valence-electron chi connectivity index (χ2n) is 5.72. The van der Waals surface area contributed by atoms with Crippen LogP contribution < -0.4 is 0 Å². The third-order valence-corrected chi connectivity index (χ3v) is 4.14. The van der Waals surface area contributed by atoms with Crippen LogP contribution >= 0.6 is 0 Å². The van der Waals surface area contributed by atoms with Gasteiger partial charge in [-0.2, -0.15) is 0 Å². The molecule has 0 atom stereocenters. The minimum atomic E-state index is -0.917. The summed E-state index contributed by atoms with van der Waals surface area (Å²) >= 11 is 0. The monoisotopic (exact) mass is 356 g/mol. The lowest BCUT2D eigenvalue weighted by Crippen LogP contribution is -2.53. The van der Waals surface area contributed by atoms with Crippen molar-refractivity contribution in [3.05, 3.63) is 76.9 Å². The van der Waals surface area contributed by atoms with Crippen LogP contribution in [0.15, 0.2) is 54.1 Å². The first-order valence-corrected chi connectivity index (χ1v) is 7.68. The average Bonchev–Trinajstić information content (AvgIpc) is 2.64. The highest BCUT2D eigenvalue weighted by molar-refractivity contribution is 6.33. The molecule has 5 nitrogen and oxygen atoms in total. The summed E-state index contributed by atoms with van der Waals surface area (Å²) < 4.78 is 29.0. The maximum absolute atomic E-state index is 14.5. The Morgan fingerprint density at radius 2 is 1.27 bits per heavy atom. The van der Waals surface area contributed by atoms with E-state index >= 15 is 0 Å². The number of hydrogen-bond acceptors (Lipinski definition) is 3. The van der Waals surface area contributed by atoms with Crippen LogP contribution in [0.25, 0.3) is 5.57 Å². The van der Waals surface area contributed by atoms with E-state index < -0.39 is 40.6 Å². The van der Waals surface area contributed by atoms with Crippen LogP contribution in [0.3, 0.4) is 0 Å². The molecule has 3 rings (SSSR count). The van der Waals surface area contributed by atoms with Crippen molar-refractivity contribution in [2.24, 2.45) is 0 Å². The lowest BCUT2D eigenvalue weighted by atomic mass is 9.90. The van der Waals surface area contributed by atoms with Gasteiger partial charge in [-0.15, -0.1) is 0 Å². The summed E-state index contributed by atoms with van der Waals surface area (Å²) in [5.41, 5.74) is -0.872. The molecule has 7 heteroatoms. The first-order chi connectivity index (χ1) is 12.3. The molecule has 0 bridgehead atoms. The number of likely N-dealkylation sites (N-methyl/N-ethyl adjacent to an activating group) is 2. The highest BCUT2D eigenvalue weighted by Gasteiger charge is 2.41. The molecule has 132 valence electrons. The Morgan fingerprint density at radius 1 is 0.769 bits per heavy atom. The second kappa shape index (κ2) is 6.51. The largest absolute Gasteiger partial charge is 0.333 e. The molecule has 2 aromatic rings. The van der Waals surface area contributed by atoms with Crippen LogP contribution in [0.2, 0.25) is 0 Å². The number of urea groups is 1. The fourth-order valence-corrected chi connectivity index (χ4v) is 2.79. The molecular formula is C19H14F2N2O3. The Hall–Kier alpha value is -3.35.